The van der Waals surface area contributed by atoms with Gasteiger partial charge in [-0.1, -0.05) is 0 Å². The Labute approximate surface area is 187 Å². The highest BCUT2D eigenvalue weighted by molar-refractivity contribution is 6.03. The summed E-state index contributed by atoms with van der Waals surface area (Å²) in [6.45, 7) is 2.72. The highest BCUT2D eigenvalue weighted by atomic mass is 16.6. The number of ketones is 1. The molecule has 2 aliphatic rings. The van der Waals surface area contributed by atoms with E-state index in [0.717, 1.165) is 24.1 Å². The zero-order valence-corrected chi connectivity index (χ0v) is 18.9. The van der Waals surface area contributed by atoms with Gasteiger partial charge in [0, 0.05) is 24.3 Å². The van der Waals surface area contributed by atoms with Gasteiger partial charge in [0.2, 0.25) is 5.75 Å². The van der Waals surface area contributed by atoms with Crippen LogP contribution in [0.2, 0.25) is 0 Å². The van der Waals surface area contributed by atoms with E-state index in [1.807, 2.05) is 12.1 Å². The maximum absolute atomic E-state index is 13.0. The summed E-state index contributed by atoms with van der Waals surface area (Å²) in [5.74, 6) is 1.05. The first-order chi connectivity index (χ1) is 15.5. The third-order valence-electron chi connectivity index (χ3n) is 6.28. The molecule has 8 nitrogen and oxygen atoms in total. The average Bonchev–Trinajstić information content (AvgIpc) is 3.44. The van der Waals surface area contributed by atoms with Gasteiger partial charge in [-0.25, -0.2) is 4.79 Å². The van der Waals surface area contributed by atoms with Crippen molar-refractivity contribution < 1.29 is 33.3 Å². The molecular weight excluding hydrogens is 414 g/mol. The molecule has 32 heavy (non-hydrogen) atoms. The number of carbonyl (C=O) groups is 2. The number of esters is 1. The first-order valence-corrected chi connectivity index (χ1v) is 10.8. The van der Waals surface area contributed by atoms with Gasteiger partial charge in [0.15, 0.2) is 17.3 Å². The Morgan fingerprint density at radius 2 is 1.84 bits per heavy atom. The smallest absolute Gasteiger partial charge is 0.355 e. The van der Waals surface area contributed by atoms with Crippen molar-refractivity contribution >= 4 is 11.8 Å². The van der Waals surface area contributed by atoms with E-state index >= 15 is 0 Å². The molecule has 1 aliphatic heterocycles. The van der Waals surface area contributed by atoms with Gasteiger partial charge in [0.1, 0.15) is 12.3 Å². The molecule has 0 amide bonds. The minimum atomic E-state index is -0.454. The fourth-order valence-electron chi connectivity index (χ4n) is 4.63. The molecule has 1 aromatic carbocycles. The van der Waals surface area contributed by atoms with Crippen LogP contribution in [0.4, 0.5) is 0 Å². The number of H-pyrrole nitrogens is 1. The van der Waals surface area contributed by atoms with Gasteiger partial charge in [0.05, 0.1) is 27.4 Å². The van der Waals surface area contributed by atoms with Crippen LogP contribution in [-0.4, -0.2) is 57.4 Å². The molecule has 1 fully saturated rings. The summed E-state index contributed by atoms with van der Waals surface area (Å²) < 4.78 is 27.3. The van der Waals surface area contributed by atoms with Crippen LogP contribution in [0.1, 0.15) is 62.8 Å². The molecular formula is C24H29NO7. The predicted molar refractivity (Wildman–Crippen MR) is 116 cm³/mol. The Bertz CT molecular complexity index is 995. The largest absolute Gasteiger partial charge is 0.493 e. The summed E-state index contributed by atoms with van der Waals surface area (Å²) in [6, 6.07) is 3.74. The van der Waals surface area contributed by atoms with Crippen molar-refractivity contribution in [1.82, 2.24) is 4.98 Å². The van der Waals surface area contributed by atoms with Crippen LogP contribution >= 0.6 is 0 Å². The number of methoxy groups -OCH3 is 3. The van der Waals surface area contributed by atoms with Crippen LogP contribution in [-0.2, 0) is 15.9 Å². The summed E-state index contributed by atoms with van der Waals surface area (Å²) in [5.41, 5.74) is 3.24. The minimum absolute atomic E-state index is 0.00284. The van der Waals surface area contributed by atoms with E-state index in [2.05, 4.69) is 4.98 Å². The first kappa shape index (κ1) is 22.2. The predicted octanol–water partition coefficient (Wildman–Crippen LogP) is 3.60. The maximum Gasteiger partial charge on any atom is 0.355 e. The summed E-state index contributed by atoms with van der Waals surface area (Å²) in [5, 5.41) is 0. The van der Waals surface area contributed by atoms with Crippen molar-refractivity contribution in [3.63, 3.8) is 0 Å². The van der Waals surface area contributed by atoms with Crippen molar-refractivity contribution in [2.45, 2.75) is 44.6 Å². The summed E-state index contributed by atoms with van der Waals surface area (Å²) in [6.07, 6.45) is 2.74. The topological polar surface area (TPSA) is 96.1 Å². The second kappa shape index (κ2) is 9.24. The summed E-state index contributed by atoms with van der Waals surface area (Å²) in [7, 11) is 4.68. The summed E-state index contributed by atoms with van der Waals surface area (Å²) in [4.78, 5) is 28.9. The van der Waals surface area contributed by atoms with Crippen LogP contribution in [0.15, 0.2) is 12.1 Å². The quantitative estimate of drug-likeness (QED) is 0.653. The van der Waals surface area contributed by atoms with Crippen LogP contribution in [0.25, 0.3) is 0 Å². The molecule has 0 spiro atoms. The molecule has 1 aliphatic carbocycles. The zero-order valence-electron chi connectivity index (χ0n) is 18.9. The lowest BCUT2D eigenvalue weighted by Crippen LogP contribution is -2.19. The number of rotatable bonds is 7. The van der Waals surface area contributed by atoms with Gasteiger partial charge in [-0.05, 0) is 55.4 Å². The molecule has 0 bridgehead atoms. The average molecular weight is 443 g/mol. The lowest BCUT2D eigenvalue weighted by molar-refractivity contribution is 0.0156. The number of aromatic amines is 1. The molecule has 172 valence electrons. The highest BCUT2D eigenvalue weighted by Gasteiger charge is 2.33. The molecule has 1 N–H and O–H groups in total. The minimum Gasteiger partial charge on any atom is -0.493 e. The molecule has 1 saturated heterocycles. The van der Waals surface area contributed by atoms with Crippen LogP contribution < -0.4 is 14.2 Å². The van der Waals surface area contributed by atoms with Crippen molar-refractivity contribution in [2.24, 2.45) is 0 Å². The molecule has 2 heterocycles. The Kier molecular flexibility index (Phi) is 6.41. The second-order valence-corrected chi connectivity index (χ2v) is 8.20. The van der Waals surface area contributed by atoms with Gasteiger partial charge in [0.25, 0.3) is 0 Å². The summed E-state index contributed by atoms with van der Waals surface area (Å²) >= 11 is 0. The van der Waals surface area contributed by atoms with Gasteiger partial charge in [-0.15, -0.1) is 0 Å². The monoisotopic (exact) mass is 443 g/mol. The van der Waals surface area contributed by atoms with Crippen LogP contribution in [0.5, 0.6) is 17.2 Å². The highest BCUT2D eigenvalue weighted by Crippen LogP contribution is 2.43. The number of nitrogens with one attached hydrogen (secondary N) is 1. The van der Waals surface area contributed by atoms with E-state index in [1.165, 1.54) is 0 Å². The van der Waals surface area contributed by atoms with Crippen molar-refractivity contribution in [3.8, 4) is 17.2 Å². The van der Waals surface area contributed by atoms with Gasteiger partial charge >= 0.3 is 5.97 Å². The number of Topliss-reactive ketones (excluding diaryl/α,β-unsaturated/α-hetero) is 1. The normalized spacial score (nSPS) is 20.1. The number of carbonyl (C=O) groups excluding carboxylic acids is 2. The lowest BCUT2D eigenvalue weighted by Gasteiger charge is -2.24. The van der Waals surface area contributed by atoms with Crippen molar-refractivity contribution in [2.75, 3.05) is 34.5 Å². The maximum atomic E-state index is 13.0. The molecule has 2 aromatic rings. The number of ether oxygens (including phenoxy) is 5. The molecule has 2 atom stereocenters. The van der Waals surface area contributed by atoms with Gasteiger partial charge in [-0.3, -0.25) is 4.79 Å². The van der Waals surface area contributed by atoms with E-state index in [4.69, 9.17) is 23.7 Å². The van der Waals surface area contributed by atoms with E-state index < -0.39 is 5.97 Å². The molecule has 0 saturated carbocycles. The lowest BCUT2D eigenvalue weighted by atomic mass is 9.81. The fourth-order valence-corrected chi connectivity index (χ4v) is 4.63. The Balaban J connectivity index is 1.58. The number of hydrogen-bond acceptors (Lipinski definition) is 7. The number of hydrogen-bond donors (Lipinski definition) is 1. The van der Waals surface area contributed by atoms with Gasteiger partial charge in [-0.2, -0.15) is 0 Å². The number of fused-ring (bicyclic) bond motifs is 1. The van der Waals surface area contributed by atoms with Crippen molar-refractivity contribution in [1.29, 1.82) is 0 Å². The third-order valence-corrected chi connectivity index (χ3v) is 6.28. The molecule has 4 rings (SSSR count). The van der Waals surface area contributed by atoms with E-state index in [1.54, 1.807) is 28.3 Å². The molecule has 8 heteroatoms. The second-order valence-electron chi connectivity index (χ2n) is 8.20. The van der Waals surface area contributed by atoms with E-state index in [0.29, 0.717) is 53.5 Å². The van der Waals surface area contributed by atoms with E-state index in [9.17, 15) is 9.59 Å². The zero-order chi connectivity index (χ0) is 22.8. The van der Waals surface area contributed by atoms with Gasteiger partial charge < -0.3 is 28.7 Å². The Morgan fingerprint density at radius 3 is 2.44 bits per heavy atom. The van der Waals surface area contributed by atoms with Crippen LogP contribution in [0, 0.1) is 6.92 Å². The molecule has 0 radical (unpaired) electrons. The Hall–Kier alpha value is -3.00. The molecule has 0 unspecified atom stereocenters. The third kappa shape index (κ3) is 4.07. The fraction of sp³-hybridized carbons (Fsp3) is 0.500. The SMILES string of the molecule is COc1cc([C@H]2CC(=O)c3c([nH]c(C(=O)OC[C@H]4CCCO4)c3C)C2)cc(OC)c1OC. The standard InChI is InChI=1S/C24H29NO7/c1-13-21-17(25-22(13)24(27)32-12-16-6-5-7-31-16)8-14(9-18(21)26)15-10-19(28-2)23(30-4)20(11-15)29-3/h10-11,14,16,25H,5-9,12H2,1-4H3/t14-,16-/m1/s1. The number of aromatic nitrogens is 1. The van der Waals surface area contributed by atoms with Crippen LogP contribution in [0.3, 0.4) is 0 Å². The van der Waals surface area contributed by atoms with E-state index in [-0.39, 0.29) is 24.4 Å². The number of benzene rings is 1. The first-order valence-electron chi connectivity index (χ1n) is 10.8. The van der Waals surface area contributed by atoms with Crippen molar-refractivity contribution in [3.05, 3.63) is 40.2 Å². The Morgan fingerprint density at radius 1 is 1.12 bits per heavy atom. The molecule has 1 aromatic heterocycles.